The van der Waals surface area contributed by atoms with Gasteiger partial charge in [0.15, 0.2) is 6.29 Å². The molecular weight excluding hydrogens is 471 g/mol. The van der Waals surface area contributed by atoms with Gasteiger partial charge in [0.25, 0.3) is 0 Å². The van der Waals surface area contributed by atoms with E-state index in [1.165, 1.54) is 82.6 Å². The third-order valence-electron chi connectivity index (χ3n) is 10.1. The first-order valence-corrected chi connectivity index (χ1v) is 15.8. The van der Waals surface area contributed by atoms with Crippen molar-refractivity contribution in [2.75, 3.05) is 13.2 Å². The lowest BCUT2D eigenvalue weighted by Gasteiger charge is -2.38. The molecule has 3 heteroatoms. The van der Waals surface area contributed by atoms with Gasteiger partial charge in [-0.2, -0.15) is 0 Å². The highest BCUT2D eigenvalue weighted by molar-refractivity contribution is 5.64. The van der Waals surface area contributed by atoms with Crippen LogP contribution < -0.4 is 0 Å². The molecule has 0 amide bonds. The van der Waals surface area contributed by atoms with E-state index in [4.69, 9.17) is 9.47 Å². The molecule has 208 valence electrons. The van der Waals surface area contributed by atoms with Crippen molar-refractivity contribution in [3.8, 4) is 11.1 Å². The van der Waals surface area contributed by atoms with Crippen LogP contribution in [0.2, 0.25) is 0 Å². The van der Waals surface area contributed by atoms with Crippen LogP contribution in [0.4, 0.5) is 4.39 Å². The van der Waals surface area contributed by atoms with Gasteiger partial charge in [0, 0.05) is 11.5 Å². The Morgan fingerprint density at radius 2 is 1.34 bits per heavy atom. The van der Waals surface area contributed by atoms with Gasteiger partial charge in [-0.05, 0) is 91.4 Å². The fourth-order valence-corrected chi connectivity index (χ4v) is 7.36. The van der Waals surface area contributed by atoms with Gasteiger partial charge in [-0.3, -0.25) is 0 Å². The van der Waals surface area contributed by atoms with Crippen molar-refractivity contribution in [2.45, 2.75) is 110 Å². The SMILES string of the molecule is CCCCCC1CCC(C2CCC(c3ccc(-c4ccc(C5OCC(CC)CO5)c(F)c4)cc3)CC2)CC1. The molecule has 5 rings (SSSR count). The molecule has 2 aromatic carbocycles. The zero-order chi connectivity index (χ0) is 26.3. The minimum atomic E-state index is -0.592. The first-order valence-electron chi connectivity index (χ1n) is 15.8. The standard InChI is InChI=1S/C35H49FO2/c1-3-5-6-7-26-8-10-27(11-9-26)28-12-14-29(15-13-28)30-16-18-31(19-17-30)32-20-21-33(34(36)22-32)35-37-23-25(4-2)24-38-35/h16-22,25-29,35H,3-15,23-24H2,1-2H3. The zero-order valence-corrected chi connectivity index (χ0v) is 23.8. The van der Waals surface area contributed by atoms with Gasteiger partial charge in [-0.25, -0.2) is 4.39 Å². The van der Waals surface area contributed by atoms with Gasteiger partial charge in [-0.15, -0.1) is 0 Å². The van der Waals surface area contributed by atoms with E-state index in [1.54, 1.807) is 6.07 Å². The lowest BCUT2D eigenvalue weighted by molar-refractivity contribution is -0.206. The van der Waals surface area contributed by atoms with Gasteiger partial charge < -0.3 is 9.47 Å². The van der Waals surface area contributed by atoms with Crippen molar-refractivity contribution in [2.24, 2.45) is 23.7 Å². The van der Waals surface area contributed by atoms with Crippen LogP contribution in [0.15, 0.2) is 42.5 Å². The number of halogens is 1. The molecule has 38 heavy (non-hydrogen) atoms. The molecule has 0 radical (unpaired) electrons. The Balaban J connectivity index is 1.11. The Kier molecular flexibility index (Phi) is 9.95. The van der Waals surface area contributed by atoms with E-state index in [2.05, 4.69) is 38.1 Å². The summed E-state index contributed by atoms with van der Waals surface area (Å²) in [7, 11) is 0. The van der Waals surface area contributed by atoms with Crippen LogP contribution in [-0.4, -0.2) is 13.2 Å². The van der Waals surface area contributed by atoms with Gasteiger partial charge in [0.2, 0.25) is 0 Å². The molecule has 0 unspecified atom stereocenters. The molecule has 3 aliphatic rings. The number of benzene rings is 2. The van der Waals surface area contributed by atoms with Crippen LogP contribution in [-0.2, 0) is 9.47 Å². The topological polar surface area (TPSA) is 18.5 Å². The lowest BCUT2D eigenvalue weighted by Crippen LogP contribution is -2.27. The second-order valence-corrected chi connectivity index (χ2v) is 12.5. The van der Waals surface area contributed by atoms with Crippen molar-refractivity contribution >= 4 is 0 Å². The largest absolute Gasteiger partial charge is 0.348 e. The smallest absolute Gasteiger partial charge is 0.186 e. The molecule has 2 aliphatic carbocycles. The summed E-state index contributed by atoms with van der Waals surface area (Å²) in [5.74, 6) is 3.78. The zero-order valence-electron chi connectivity index (χ0n) is 23.8. The average Bonchev–Trinajstić information content (AvgIpc) is 2.98. The van der Waals surface area contributed by atoms with Crippen molar-refractivity contribution in [3.63, 3.8) is 0 Å². The Hall–Kier alpha value is -1.71. The molecule has 1 saturated heterocycles. The average molecular weight is 521 g/mol. The van der Waals surface area contributed by atoms with Crippen LogP contribution in [0.1, 0.15) is 121 Å². The first kappa shape index (κ1) is 27.8. The summed E-state index contributed by atoms with van der Waals surface area (Å²) in [5.41, 5.74) is 3.94. The highest BCUT2D eigenvalue weighted by Crippen LogP contribution is 2.45. The number of rotatable bonds is 9. The number of ether oxygens (including phenoxy) is 2. The molecule has 0 N–H and O–H groups in total. The summed E-state index contributed by atoms with van der Waals surface area (Å²) in [5, 5.41) is 0. The molecule has 1 aliphatic heterocycles. The third-order valence-corrected chi connectivity index (χ3v) is 10.1. The van der Waals surface area contributed by atoms with E-state index in [1.807, 2.05) is 12.1 Å². The second kappa shape index (κ2) is 13.6. The molecule has 3 fully saturated rings. The molecule has 0 spiro atoms. The predicted octanol–water partition coefficient (Wildman–Crippen LogP) is 10.2. The highest BCUT2D eigenvalue weighted by atomic mass is 19.1. The second-order valence-electron chi connectivity index (χ2n) is 12.5. The van der Waals surface area contributed by atoms with Crippen molar-refractivity contribution in [3.05, 3.63) is 59.4 Å². The summed E-state index contributed by atoms with van der Waals surface area (Å²) >= 11 is 0. The van der Waals surface area contributed by atoms with Crippen molar-refractivity contribution < 1.29 is 13.9 Å². The monoisotopic (exact) mass is 520 g/mol. The molecule has 2 nitrogen and oxygen atoms in total. The van der Waals surface area contributed by atoms with Crippen molar-refractivity contribution in [1.82, 2.24) is 0 Å². The molecule has 2 aromatic rings. The quantitative estimate of drug-likeness (QED) is 0.306. The van der Waals surface area contributed by atoms with Crippen LogP contribution in [0.3, 0.4) is 0 Å². The Morgan fingerprint density at radius 1 is 0.711 bits per heavy atom. The molecule has 2 saturated carbocycles. The fourth-order valence-electron chi connectivity index (χ4n) is 7.36. The summed E-state index contributed by atoms with van der Waals surface area (Å²) in [6.45, 7) is 5.70. The summed E-state index contributed by atoms with van der Waals surface area (Å²) in [6.07, 6.45) is 17.5. The molecule has 0 bridgehead atoms. The highest BCUT2D eigenvalue weighted by Gasteiger charge is 2.31. The molecular formula is C35H49FO2. The Morgan fingerprint density at radius 3 is 1.95 bits per heavy atom. The fraction of sp³-hybridized carbons (Fsp3) is 0.657. The normalized spacial score (nSPS) is 30.3. The number of hydrogen-bond donors (Lipinski definition) is 0. The van der Waals surface area contributed by atoms with E-state index in [-0.39, 0.29) is 5.82 Å². The van der Waals surface area contributed by atoms with Crippen LogP contribution in [0, 0.1) is 29.5 Å². The minimum Gasteiger partial charge on any atom is -0.348 e. The van der Waals surface area contributed by atoms with Crippen LogP contribution in [0.5, 0.6) is 0 Å². The van der Waals surface area contributed by atoms with Gasteiger partial charge in [0.1, 0.15) is 5.82 Å². The Bertz CT molecular complexity index is 977. The van der Waals surface area contributed by atoms with E-state index >= 15 is 0 Å². The molecule has 1 heterocycles. The maximum Gasteiger partial charge on any atom is 0.186 e. The van der Waals surface area contributed by atoms with Gasteiger partial charge >= 0.3 is 0 Å². The van der Waals surface area contributed by atoms with Gasteiger partial charge in [0.05, 0.1) is 13.2 Å². The van der Waals surface area contributed by atoms with Crippen molar-refractivity contribution in [1.29, 1.82) is 0 Å². The van der Waals surface area contributed by atoms with Crippen LogP contribution in [0.25, 0.3) is 11.1 Å². The third kappa shape index (κ3) is 6.89. The van der Waals surface area contributed by atoms with E-state index in [0.29, 0.717) is 30.6 Å². The molecule has 0 aromatic heterocycles. The summed E-state index contributed by atoms with van der Waals surface area (Å²) in [6, 6.07) is 14.4. The minimum absolute atomic E-state index is 0.250. The summed E-state index contributed by atoms with van der Waals surface area (Å²) < 4.78 is 26.6. The van der Waals surface area contributed by atoms with E-state index < -0.39 is 6.29 Å². The summed E-state index contributed by atoms with van der Waals surface area (Å²) in [4.78, 5) is 0. The van der Waals surface area contributed by atoms with Crippen LogP contribution >= 0.6 is 0 Å². The van der Waals surface area contributed by atoms with E-state index in [9.17, 15) is 4.39 Å². The number of unbranched alkanes of at least 4 members (excludes halogenated alkanes) is 2. The maximum atomic E-state index is 15.0. The number of hydrogen-bond acceptors (Lipinski definition) is 2. The van der Waals surface area contributed by atoms with E-state index in [0.717, 1.165) is 35.3 Å². The lowest BCUT2D eigenvalue weighted by atomic mass is 9.68. The Labute approximate surface area is 230 Å². The first-order chi connectivity index (χ1) is 18.6. The maximum absolute atomic E-state index is 15.0. The van der Waals surface area contributed by atoms with Gasteiger partial charge in [-0.1, -0.05) is 88.8 Å². The predicted molar refractivity (Wildman–Crippen MR) is 155 cm³/mol. The molecule has 0 atom stereocenters.